The summed E-state index contributed by atoms with van der Waals surface area (Å²) in [4.78, 5) is 21.7. The number of rotatable bonds is 0. The molecule has 0 aliphatic carbocycles. The minimum absolute atomic E-state index is 0.217. The molecule has 1 amide bonds. The number of hydrogen-bond acceptors (Lipinski definition) is 4. The Hall–Kier alpha value is -3.73. The van der Waals surface area contributed by atoms with Gasteiger partial charge in [-0.2, -0.15) is 0 Å². The van der Waals surface area contributed by atoms with Crippen LogP contribution in [0, 0.1) is 0 Å². The molecule has 0 atom stereocenters. The average molecular weight is 367 g/mol. The van der Waals surface area contributed by atoms with Gasteiger partial charge in [0, 0.05) is 35.5 Å². The number of para-hydroxylation sites is 1. The second-order valence-corrected chi connectivity index (χ2v) is 6.73. The molecular weight excluding hydrogens is 350 g/mol. The van der Waals surface area contributed by atoms with E-state index in [1.165, 1.54) is 0 Å². The number of carbonyl (C=O) groups excluding carboxylic acids is 1. The predicted octanol–water partition coefficient (Wildman–Crippen LogP) is 4.12. The van der Waals surface area contributed by atoms with Gasteiger partial charge in [-0.1, -0.05) is 36.4 Å². The summed E-state index contributed by atoms with van der Waals surface area (Å²) in [7, 11) is 0. The Morgan fingerprint density at radius 3 is 2.86 bits per heavy atom. The molecule has 0 unspecified atom stereocenters. The van der Waals surface area contributed by atoms with Gasteiger partial charge in [-0.15, -0.1) is 0 Å². The van der Waals surface area contributed by atoms with Crippen molar-refractivity contribution in [3.05, 3.63) is 89.9 Å². The molecule has 136 valence electrons. The maximum Gasteiger partial charge on any atom is 0.270 e. The van der Waals surface area contributed by atoms with Crippen molar-refractivity contribution in [1.82, 2.24) is 15.3 Å². The standard InChI is InChI=1S/C23H17N3O2/c27-23-20-9-8-18-11-24-13-19(22(18)26-20)16-6-3-4-15(10-16)14-28-21-7-2-1-5-17(21)12-25-23/h1-11,13H,12,14H2,(H,25,27). The van der Waals surface area contributed by atoms with Crippen molar-refractivity contribution in [2.24, 2.45) is 0 Å². The second kappa shape index (κ2) is 6.78. The van der Waals surface area contributed by atoms with Gasteiger partial charge in [0.25, 0.3) is 5.91 Å². The van der Waals surface area contributed by atoms with Crippen LogP contribution in [0.1, 0.15) is 21.6 Å². The molecule has 0 saturated heterocycles. The molecular formula is C23H17N3O2. The van der Waals surface area contributed by atoms with E-state index < -0.39 is 0 Å². The highest BCUT2D eigenvalue weighted by Gasteiger charge is 2.14. The molecule has 0 spiro atoms. The molecule has 28 heavy (non-hydrogen) atoms. The molecule has 5 nitrogen and oxygen atoms in total. The van der Waals surface area contributed by atoms with Gasteiger partial charge < -0.3 is 10.1 Å². The van der Waals surface area contributed by atoms with Gasteiger partial charge >= 0.3 is 0 Å². The highest BCUT2D eigenvalue weighted by Crippen LogP contribution is 2.28. The zero-order chi connectivity index (χ0) is 18.9. The molecule has 2 aromatic carbocycles. The molecule has 4 bridgehead atoms. The number of amides is 1. The third kappa shape index (κ3) is 2.97. The summed E-state index contributed by atoms with van der Waals surface area (Å²) in [5, 5.41) is 3.84. The number of ether oxygens (including phenoxy) is 1. The fraction of sp³-hybridized carbons (Fsp3) is 0.0870. The van der Waals surface area contributed by atoms with Crippen LogP contribution in [0.3, 0.4) is 0 Å². The van der Waals surface area contributed by atoms with Crippen LogP contribution < -0.4 is 10.1 Å². The normalized spacial score (nSPS) is 13.4. The molecule has 0 fully saturated rings. The minimum Gasteiger partial charge on any atom is -0.489 e. The summed E-state index contributed by atoms with van der Waals surface area (Å²) in [6.45, 7) is 0.813. The predicted molar refractivity (Wildman–Crippen MR) is 107 cm³/mol. The Labute approximate surface area is 162 Å². The zero-order valence-electron chi connectivity index (χ0n) is 15.1. The van der Waals surface area contributed by atoms with Gasteiger partial charge in [-0.3, -0.25) is 9.78 Å². The molecule has 1 aliphatic heterocycles. The first kappa shape index (κ1) is 16.4. The molecule has 2 aromatic heterocycles. The van der Waals surface area contributed by atoms with E-state index in [2.05, 4.69) is 21.4 Å². The van der Waals surface area contributed by atoms with Crippen molar-refractivity contribution in [3.63, 3.8) is 0 Å². The van der Waals surface area contributed by atoms with Crippen LogP contribution >= 0.6 is 0 Å². The zero-order valence-corrected chi connectivity index (χ0v) is 15.1. The SMILES string of the molecule is O=C1NCc2ccccc2OCc2cccc(c2)-c2cncc3ccc1nc23. The van der Waals surface area contributed by atoms with Crippen molar-refractivity contribution in [3.8, 4) is 16.9 Å². The quantitative estimate of drug-likeness (QED) is 0.508. The van der Waals surface area contributed by atoms with Crippen molar-refractivity contribution in [2.45, 2.75) is 13.2 Å². The number of nitrogens with zero attached hydrogens (tertiary/aromatic N) is 2. The van der Waals surface area contributed by atoms with E-state index in [0.717, 1.165) is 38.9 Å². The van der Waals surface area contributed by atoms with E-state index in [9.17, 15) is 4.79 Å². The Morgan fingerprint density at radius 2 is 1.89 bits per heavy atom. The first-order valence-electron chi connectivity index (χ1n) is 9.11. The second-order valence-electron chi connectivity index (χ2n) is 6.73. The number of nitrogens with one attached hydrogen (secondary N) is 1. The van der Waals surface area contributed by atoms with Gasteiger partial charge in [0.1, 0.15) is 18.1 Å². The number of hydrogen-bond donors (Lipinski definition) is 1. The molecule has 4 aromatic rings. The summed E-state index contributed by atoms with van der Waals surface area (Å²) < 4.78 is 6.05. The van der Waals surface area contributed by atoms with Crippen molar-refractivity contribution in [2.75, 3.05) is 0 Å². The van der Waals surface area contributed by atoms with Crippen molar-refractivity contribution >= 4 is 16.8 Å². The van der Waals surface area contributed by atoms with Gasteiger partial charge in [0.05, 0.1) is 5.52 Å². The van der Waals surface area contributed by atoms with E-state index in [4.69, 9.17) is 4.74 Å². The molecule has 0 saturated carbocycles. The number of fused-ring (bicyclic) bond motifs is 5. The van der Waals surface area contributed by atoms with Crippen molar-refractivity contribution < 1.29 is 9.53 Å². The largest absolute Gasteiger partial charge is 0.489 e. The summed E-state index contributed by atoms with van der Waals surface area (Å²) in [6, 6.07) is 19.5. The van der Waals surface area contributed by atoms with E-state index in [-0.39, 0.29) is 5.91 Å². The lowest BCUT2D eigenvalue weighted by atomic mass is 10.0. The van der Waals surface area contributed by atoms with Gasteiger partial charge in [0.15, 0.2) is 0 Å². The van der Waals surface area contributed by atoms with Gasteiger partial charge in [-0.05, 0) is 35.4 Å². The van der Waals surface area contributed by atoms with E-state index >= 15 is 0 Å². The van der Waals surface area contributed by atoms with Crippen LogP contribution in [-0.4, -0.2) is 15.9 Å². The fourth-order valence-corrected chi connectivity index (χ4v) is 3.43. The topological polar surface area (TPSA) is 64.1 Å². The Morgan fingerprint density at radius 1 is 0.964 bits per heavy atom. The molecule has 5 heteroatoms. The molecule has 5 rings (SSSR count). The monoisotopic (exact) mass is 367 g/mol. The molecule has 1 aliphatic rings. The smallest absolute Gasteiger partial charge is 0.270 e. The van der Waals surface area contributed by atoms with Gasteiger partial charge in [0.2, 0.25) is 0 Å². The maximum atomic E-state index is 12.7. The number of benzene rings is 2. The first-order valence-corrected chi connectivity index (χ1v) is 9.11. The van der Waals surface area contributed by atoms with Crippen LogP contribution in [0.15, 0.2) is 73.1 Å². The third-order valence-corrected chi connectivity index (χ3v) is 4.88. The molecule has 0 radical (unpaired) electrons. The van der Waals surface area contributed by atoms with Crippen LogP contribution in [0.4, 0.5) is 0 Å². The van der Waals surface area contributed by atoms with Crippen molar-refractivity contribution in [1.29, 1.82) is 0 Å². The van der Waals surface area contributed by atoms with E-state index in [1.54, 1.807) is 18.5 Å². The average Bonchev–Trinajstić information content (AvgIpc) is 2.75. The number of pyridine rings is 2. The maximum absolute atomic E-state index is 12.7. The summed E-state index contributed by atoms with van der Waals surface area (Å²) in [6.07, 6.45) is 3.55. The summed E-state index contributed by atoms with van der Waals surface area (Å²) in [5.74, 6) is 0.543. The number of carbonyl (C=O) groups is 1. The lowest BCUT2D eigenvalue weighted by Gasteiger charge is -2.14. The highest BCUT2D eigenvalue weighted by molar-refractivity contribution is 5.98. The highest BCUT2D eigenvalue weighted by atomic mass is 16.5. The minimum atomic E-state index is -0.217. The van der Waals surface area contributed by atoms with E-state index in [0.29, 0.717) is 18.8 Å². The Balaban J connectivity index is 1.70. The lowest BCUT2D eigenvalue weighted by Crippen LogP contribution is -2.24. The Bertz CT molecular complexity index is 1200. The Kier molecular flexibility index (Phi) is 3.98. The summed E-state index contributed by atoms with van der Waals surface area (Å²) in [5.41, 5.74) is 5.02. The van der Waals surface area contributed by atoms with Crippen LogP contribution in [0.2, 0.25) is 0 Å². The fourth-order valence-electron chi connectivity index (χ4n) is 3.43. The van der Waals surface area contributed by atoms with E-state index in [1.807, 2.05) is 48.5 Å². The molecule has 3 heterocycles. The first-order chi connectivity index (χ1) is 13.8. The van der Waals surface area contributed by atoms with Crippen LogP contribution in [0.5, 0.6) is 5.75 Å². The number of aromatic nitrogens is 2. The lowest BCUT2D eigenvalue weighted by molar-refractivity contribution is 0.0946. The third-order valence-electron chi connectivity index (χ3n) is 4.88. The van der Waals surface area contributed by atoms with Crippen LogP contribution in [-0.2, 0) is 13.2 Å². The summed E-state index contributed by atoms with van der Waals surface area (Å²) >= 11 is 0. The van der Waals surface area contributed by atoms with Crippen LogP contribution in [0.25, 0.3) is 22.0 Å². The van der Waals surface area contributed by atoms with Gasteiger partial charge in [-0.25, -0.2) is 4.98 Å². The molecule has 1 N–H and O–H groups in total.